The maximum absolute atomic E-state index is 8.81. The van der Waals surface area contributed by atoms with E-state index in [-0.39, 0.29) is 17.3 Å². The predicted octanol–water partition coefficient (Wildman–Crippen LogP) is 0.100. The van der Waals surface area contributed by atoms with E-state index in [4.69, 9.17) is 10.2 Å². The van der Waals surface area contributed by atoms with Crippen LogP contribution in [0.3, 0.4) is 0 Å². The number of hydrogen-bond donors (Lipinski definition) is 3. The standard InChI is InChI=1S/C6H14INO2/c1-5(7)8-6(2,3-9)4-10/h5,8-10H,3-4H2,1-2H3. The van der Waals surface area contributed by atoms with Gasteiger partial charge in [-0.2, -0.15) is 0 Å². The quantitative estimate of drug-likeness (QED) is 0.381. The van der Waals surface area contributed by atoms with Crippen LogP contribution in [0.2, 0.25) is 0 Å². The maximum Gasteiger partial charge on any atom is 0.0633 e. The van der Waals surface area contributed by atoms with Crippen LogP contribution >= 0.6 is 22.6 Å². The number of hydrogen-bond acceptors (Lipinski definition) is 3. The van der Waals surface area contributed by atoms with Gasteiger partial charge in [-0.25, -0.2) is 0 Å². The van der Waals surface area contributed by atoms with E-state index in [1.807, 2.05) is 6.92 Å². The molecule has 0 spiro atoms. The summed E-state index contributed by atoms with van der Waals surface area (Å²) in [6.07, 6.45) is 0. The number of nitrogens with one attached hydrogen (secondary N) is 1. The highest BCUT2D eigenvalue weighted by molar-refractivity contribution is 14.1. The van der Waals surface area contributed by atoms with Crippen molar-refractivity contribution >= 4 is 22.6 Å². The van der Waals surface area contributed by atoms with E-state index < -0.39 is 5.54 Å². The van der Waals surface area contributed by atoms with E-state index in [0.29, 0.717) is 0 Å². The van der Waals surface area contributed by atoms with Gasteiger partial charge in [0.25, 0.3) is 0 Å². The number of aliphatic hydroxyl groups is 2. The molecule has 1 atom stereocenters. The summed E-state index contributed by atoms with van der Waals surface area (Å²) in [7, 11) is 0. The summed E-state index contributed by atoms with van der Waals surface area (Å²) >= 11 is 2.18. The van der Waals surface area contributed by atoms with Gasteiger partial charge in [0, 0.05) is 0 Å². The molecule has 0 radical (unpaired) electrons. The largest absolute Gasteiger partial charge is 0.394 e. The number of halogens is 1. The first kappa shape index (κ1) is 10.6. The van der Waals surface area contributed by atoms with Crippen molar-refractivity contribution in [2.24, 2.45) is 0 Å². The molecule has 0 aliphatic rings. The molecule has 0 aromatic rings. The second kappa shape index (κ2) is 4.48. The fourth-order valence-corrected chi connectivity index (χ4v) is 1.37. The Morgan fingerprint density at radius 2 is 1.90 bits per heavy atom. The molecule has 4 heteroatoms. The summed E-state index contributed by atoms with van der Waals surface area (Å²) in [5, 5.41) is 20.7. The van der Waals surface area contributed by atoms with Crippen molar-refractivity contribution in [1.82, 2.24) is 5.32 Å². The third-order valence-corrected chi connectivity index (χ3v) is 1.56. The van der Waals surface area contributed by atoms with Crippen molar-refractivity contribution in [2.45, 2.75) is 23.4 Å². The third-order valence-electron chi connectivity index (χ3n) is 1.25. The van der Waals surface area contributed by atoms with Crippen molar-refractivity contribution in [3.63, 3.8) is 0 Å². The molecule has 0 fully saturated rings. The van der Waals surface area contributed by atoms with Gasteiger partial charge >= 0.3 is 0 Å². The Morgan fingerprint density at radius 1 is 1.50 bits per heavy atom. The fraction of sp³-hybridized carbons (Fsp3) is 1.00. The van der Waals surface area contributed by atoms with Gasteiger partial charge < -0.3 is 10.2 Å². The van der Waals surface area contributed by atoms with Crippen molar-refractivity contribution in [1.29, 1.82) is 0 Å². The molecule has 0 aromatic heterocycles. The van der Waals surface area contributed by atoms with Crippen molar-refractivity contribution in [3.05, 3.63) is 0 Å². The second-order valence-corrected chi connectivity index (χ2v) is 4.51. The van der Waals surface area contributed by atoms with Crippen molar-refractivity contribution in [3.8, 4) is 0 Å². The molecule has 3 N–H and O–H groups in total. The van der Waals surface area contributed by atoms with Crippen LogP contribution in [-0.2, 0) is 0 Å². The van der Waals surface area contributed by atoms with E-state index in [0.717, 1.165) is 0 Å². The van der Waals surface area contributed by atoms with Gasteiger partial charge in [-0.15, -0.1) is 0 Å². The summed E-state index contributed by atoms with van der Waals surface area (Å²) in [5.74, 6) is 0. The van der Waals surface area contributed by atoms with Crippen LogP contribution in [0.1, 0.15) is 13.8 Å². The van der Waals surface area contributed by atoms with E-state index in [9.17, 15) is 0 Å². The average molecular weight is 259 g/mol. The van der Waals surface area contributed by atoms with Gasteiger partial charge in [0.15, 0.2) is 0 Å². The second-order valence-electron chi connectivity index (χ2n) is 2.64. The zero-order valence-electron chi connectivity index (χ0n) is 6.26. The highest BCUT2D eigenvalue weighted by Crippen LogP contribution is 2.05. The lowest BCUT2D eigenvalue weighted by atomic mass is 10.1. The van der Waals surface area contributed by atoms with E-state index in [1.165, 1.54) is 0 Å². The maximum atomic E-state index is 8.81. The lowest BCUT2D eigenvalue weighted by Gasteiger charge is -2.27. The fourth-order valence-electron chi connectivity index (χ4n) is 0.621. The van der Waals surface area contributed by atoms with Gasteiger partial charge in [-0.05, 0) is 13.8 Å². The molecule has 0 rings (SSSR count). The highest BCUT2D eigenvalue weighted by atomic mass is 127. The normalized spacial score (nSPS) is 15.3. The summed E-state index contributed by atoms with van der Waals surface area (Å²) in [5.41, 5.74) is -0.541. The Labute approximate surface area is 75.0 Å². The molecule has 10 heavy (non-hydrogen) atoms. The molecule has 62 valence electrons. The molecule has 0 aliphatic heterocycles. The van der Waals surface area contributed by atoms with Gasteiger partial charge in [-0.1, -0.05) is 22.6 Å². The number of aliphatic hydroxyl groups excluding tert-OH is 2. The lowest BCUT2D eigenvalue weighted by molar-refractivity contribution is 0.104. The minimum atomic E-state index is -0.541. The first-order chi connectivity index (χ1) is 4.54. The summed E-state index contributed by atoms with van der Waals surface area (Å²) < 4.78 is 0.252. The molecule has 0 heterocycles. The molecule has 0 saturated heterocycles. The van der Waals surface area contributed by atoms with Crippen LogP contribution in [0.25, 0.3) is 0 Å². The van der Waals surface area contributed by atoms with Crippen LogP contribution in [0, 0.1) is 0 Å². The van der Waals surface area contributed by atoms with Gasteiger partial charge in [0.05, 0.1) is 22.8 Å². The molecule has 0 bridgehead atoms. The Bertz CT molecular complexity index is 93.7. The number of alkyl halides is 1. The first-order valence-corrected chi connectivity index (χ1v) is 4.42. The molecule has 1 unspecified atom stereocenters. The Balaban J connectivity index is 3.80. The van der Waals surface area contributed by atoms with Crippen LogP contribution in [0.5, 0.6) is 0 Å². The van der Waals surface area contributed by atoms with Crippen LogP contribution in [0.15, 0.2) is 0 Å². The Kier molecular flexibility index (Phi) is 4.75. The minimum absolute atomic E-state index is 0.0448. The van der Waals surface area contributed by atoms with E-state index in [2.05, 4.69) is 27.9 Å². The van der Waals surface area contributed by atoms with Gasteiger partial charge in [-0.3, -0.25) is 5.32 Å². The summed E-state index contributed by atoms with van der Waals surface area (Å²) in [6.45, 7) is 3.65. The highest BCUT2D eigenvalue weighted by Gasteiger charge is 2.22. The lowest BCUT2D eigenvalue weighted by Crippen LogP contribution is -2.51. The zero-order chi connectivity index (χ0) is 8.20. The molecule has 0 amide bonds. The van der Waals surface area contributed by atoms with Crippen LogP contribution < -0.4 is 5.32 Å². The summed E-state index contributed by atoms with van der Waals surface area (Å²) in [4.78, 5) is 0. The van der Waals surface area contributed by atoms with E-state index >= 15 is 0 Å². The van der Waals surface area contributed by atoms with Crippen molar-refractivity contribution in [2.75, 3.05) is 13.2 Å². The molecular formula is C6H14INO2. The summed E-state index contributed by atoms with van der Waals surface area (Å²) in [6, 6.07) is 0. The smallest absolute Gasteiger partial charge is 0.0633 e. The molecule has 0 aromatic carbocycles. The molecule has 0 saturated carbocycles. The van der Waals surface area contributed by atoms with Gasteiger partial charge in [0.1, 0.15) is 0 Å². The molecular weight excluding hydrogens is 245 g/mol. The van der Waals surface area contributed by atoms with Gasteiger partial charge in [0.2, 0.25) is 0 Å². The average Bonchev–Trinajstić information content (AvgIpc) is 1.87. The van der Waals surface area contributed by atoms with E-state index in [1.54, 1.807) is 6.92 Å². The predicted molar refractivity (Wildman–Crippen MR) is 49.2 cm³/mol. The topological polar surface area (TPSA) is 52.5 Å². The molecule has 0 aliphatic carbocycles. The molecule has 3 nitrogen and oxygen atoms in total. The third kappa shape index (κ3) is 3.70. The Hall–Kier alpha value is 0.610. The zero-order valence-corrected chi connectivity index (χ0v) is 8.42. The number of rotatable bonds is 4. The SMILES string of the molecule is CC(I)NC(C)(CO)CO. The Morgan fingerprint density at radius 3 is 2.00 bits per heavy atom. The monoisotopic (exact) mass is 259 g/mol. The van der Waals surface area contributed by atoms with Crippen LogP contribution in [0.4, 0.5) is 0 Å². The van der Waals surface area contributed by atoms with Crippen molar-refractivity contribution < 1.29 is 10.2 Å². The van der Waals surface area contributed by atoms with Crippen LogP contribution in [-0.4, -0.2) is 33.0 Å². The minimum Gasteiger partial charge on any atom is -0.394 e. The first-order valence-electron chi connectivity index (χ1n) is 3.17.